The van der Waals surface area contributed by atoms with E-state index in [9.17, 15) is 9.59 Å². The van der Waals surface area contributed by atoms with Crippen LogP contribution in [0, 0.1) is 0 Å². The highest BCUT2D eigenvalue weighted by Crippen LogP contribution is 2.18. The molecule has 0 heterocycles. The maximum absolute atomic E-state index is 12.2. The van der Waals surface area contributed by atoms with Crippen molar-refractivity contribution >= 4 is 18.0 Å². The number of nitrogens with one attached hydrogen (secondary N) is 1. The van der Waals surface area contributed by atoms with Crippen molar-refractivity contribution in [1.29, 1.82) is 0 Å². The van der Waals surface area contributed by atoms with E-state index in [1.165, 1.54) is 25.3 Å². The van der Waals surface area contributed by atoms with E-state index in [1.807, 2.05) is 12.1 Å². The zero-order chi connectivity index (χ0) is 15.8. The summed E-state index contributed by atoms with van der Waals surface area (Å²) in [5, 5.41) is 3.09. The largest absolute Gasteiger partial charge is 0.463 e. The molecule has 1 N–H and O–H groups in total. The first-order valence-corrected chi connectivity index (χ1v) is 7.95. The van der Waals surface area contributed by atoms with Crippen LogP contribution >= 0.6 is 0 Å². The number of ether oxygens (including phenoxy) is 1. The molecule has 22 heavy (non-hydrogen) atoms. The van der Waals surface area contributed by atoms with Gasteiger partial charge in [0.2, 0.25) is 0 Å². The predicted molar refractivity (Wildman–Crippen MR) is 86.4 cm³/mol. The first kappa shape index (κ1) is 16.3. The summed E-state index contributed by atoms with van der Waals surface area (Å²) >= 11 is 0. The van der Waals surface area contributed by atoms with E-state index in [2.05, 4.69) is 5.32 Å². The van der Waals surface area contributed by atoms with Crippen molar-refractivity contribution < 1.29 is 14.3 Å². The van der Waals surface area contributed by atoms with Crippen molar-refractivity contribution in [2.45, 2.75) is 45.1 Å². The van der Waals surface area contributed by atoms with Gasteiger partial charge in [0.15, 0.2) is 0 Å². The number of hydrogen-bond acceptors (Lipinski definition) is 3. The van der Waals surface area contributed by atoms with Crippen LogP contribution in [0.15, 0.2) is 30.3 Å². The van der Waals surface area contributed by atoms with E-state index in [-0.39, 0.29) is 11.9 Å². The van der Waals surface area contributed by atoms with E-state index in [0.29, 0.717) is 18.2 Å². The number of hydrogen-bond donors (Lipinski definition) is 1. The molecule has 0 bridgehead atoms. The minimum Gasteiger partial charge on any atom is -0.463 e. The Morgan fingerprint density at radius 2 is 1.86 bits per heavy atom. The molecule has 0 aromatic heterocycles. The van der Waals surface area contributed by atoms with Gasteiger partial charge in [0.25, 0.3) is 5.91 Å². The van der Waals surface area contributed by atoms with Crippen LogP contribution in [0.4, 0.5) is 0 Å². The molecule has 1 saturated carbocycles. The van der Waals surface area contributed by atoms with Gasteiger partial charge in [-0.3, -0.25) is 4.79 Å². The Balaban J connectivity index is 1.90. The third-order valence-corrected chi connectivity index (χ3v) is 3.81. The summed E-state index contributed by atoms with van der Waals surface area (Å²) < 4.78 is 4.82. The Morgan fingerprint density at radius 1 is 1.18 bits per heavy atom. The molecule has 2 rings (SSSR count). The molecule has 1 aromatic carbocycles. The highest BCUT2D eigenvalue weighted by atomic mass is 16.5. The van der Waals surface area contributed by atoms with Crippen molar-refractivity contribution in [3.8, 4) is 0 Å². The van der Waals surface area contributed by atoms with E-state index in [0.717, 1.165) is 18.4 Å². The molecule has 1 aliphatic carbocycles. The summed E-state index contributed by atoms with van der Waals surface area (Å²) in [7, 11) is 0. The molecule has 0 atom stereocenters. The third kappa shape index (κ3) is 5.02. The van der Waals surface area contributed by atoms with E-state index in [4.69, 9.17) is 4.74 Å². The summed E-state index contributed by atoms with van der Waals surface area (Å²) in [6, 6.07) is 7.52. The lowest BCUT2D eigenvalue weighted by Gasteiger charge is -2.22. The highest BCUT2D eigenvalue weighted by Gasteiger charge is 2.16. The van der Waals surface area contributed by atoms with Gasteiger partial charge in [-0.05, 0) is 43.5 Å². The molecule has 0 saturated heterocycles. The Labute approximate surface area is 131 Å². The van der Waals surface area contributed by atoms with Gasteiger partial charge in [-0.25, -0.2) is 4.79 Å². The second-order valence-electron chi connectivity index (χ2n) is 5.52. The molecule has 0 radical (unpaired) electrons. The predicted octanol–water partition coefficient (Wildman–Crippen LogP) is 3.33. The van der Waals surface area contributed by atoms with Gasteiger partial charge < -0.3 is 10.1 Å². The van der Waals surface area contributed by atoms with Gasteiger partial charge in [-0.2, -0.15) is 0 Å². The molecule has 1 amide bonds. The third-order valence-electron chi connectivity index (χ3n) is 3.81. The Bertz CT molecular complexity index is 528. The normalized spacial score (nSPS) is 15.7. The number of rotatable bonds is 5. The van der Waals surface area contributed by atoms with Crippen LogP contribution in [0.2, 0.25) is 0 Å². The number of carbonyl (C=O) groups is 2. The molecule has 1 aliphatic rings. The maximum atomic E-state index is 12.2. The van der Waals surface area contributed by atoms with Crippen LogP contribution < -0.4 is 5.32 Å². The molecule has 1 fully saturated rings. The fraction of sp³-hybridized carbons (Fsp3) is 0.444. The van der Waals surface area contributed by atoms with Gasteiger partial charge >= 0.3 is 5.97 Å². The minimum absolute atomic E-state index is 0.0205. The zero-order valence-corrected chi connectivity index (χ0v) is 13.0. The standard InChI is InChI=1S/C18H23NO3/c1-2-22-17(20)13-10-14-8-11-15(12-9-14)18(21)19-16-6-4-3-5-7-16/h8-13,16H,2-7H2,1H3,(H,19,21)/b13-10+. The molecule has 0 aliphatic heterocycles. The lowest BCUT2D eigenvalue weighted by molar-refractivity contribution is -0.137. The van der Waals surface area contributed by atoms with Gasteiger partial charge in [0.05, 0.1) is 6.61 Å². The first-order chi connectivity index (χ1) is 10.7. The summed E-state index contributed by atoms with van der Waals surface area (Å²) in [6.45, 7) is 2.13. The van der Waals surface area contributed by atoms with Crippen molar-refractivity contribution in [2.24, 2.45) is 0 Å². The average Bonchev–Trinajstić information content (AvgIpc) is 2.54. The topological polar surface area (TPSA) is 55.4 Å². The second kappa shape index (κ2) is 8.37. The summed E-state index contributed by atoms with van der Waals surface area (Å²) in [5.74, 6) is -0.380. The van der Waals surface area contributed by atoms with Crippen molar-refractivity contribution in [3.63, 3.8) is 0 Å². The van der Waals surface area contributed by atoms with Crippen molar-refractivity contribution in [1.82, 2.24) is 5.32 Å². The Morgan fingerprint density at radius 3 is 2.50 bits per heavy atom. The molecular weight excluding hydrogens is 278 g/mol. The molecular formula is C18H23NO3. The fourth-order valence-electron chi connectivity index (χ4n) is 2.62. The van der Waals surface area contributed by atoms with Crippen LogP contribution in [0.5, 0.6) is 0 Å². The SMILES string of the molecule is CCOC(=O)/C=C/c1ccc(C(=O)NC2CCCCC2)cc1. The fourth-order valence-corrected chi connectivity index (χ4v) is 2.62. The summed E-state index contributed by atoms with van der Waals surface area (Å²) in [6.07, 6.45) is 8.89. The van der Waals surface area contributed by atoms with Crippen LogP contribution in [0.1, 0.15) is 54.9 Å². The smallest absolute Gasteiger partial charge is 0.330 e. The summed E-state index contributed by atoms with van der Waals surface area (Å²) in [5.41, 5.74) is 1.51. The molecule has 4 heteroatoms. The molecule has 4 nitrogen and oxygen atoms in total. The number of amides is 1. The Hall–Kier alpha value is -2.10. The lowest BCUT2D eigenvalue weighted by Crippen LogP contribution is -2.36. The van der Waals surface area contributed by atoms with Gasteiger partial charge in [-0.1, -0.05) is 31.4 Å². The average molecular weight is 301 g/mol. The van der Waals surface area contributed by atoms with Crippen LogP contribution in [-0.4, -0.2) is 24.5 Å². The number of benzene rings is 1. The van der Waals surface area contributed by atoms with Gasteiger partial charge in [-0.15, -0.1) is 0 Å². The number of esters is 1. The van der Waals surface area contributed by atoms with Crippen LogP contribution in [0.3, 0.4) is 0 Å². The lowest BCUT2D eigenvalue weighted by atomic mass is 9.95. The maximum Gasteiger partial charge on any atom is 0.330 e. The van der Waals surface area contributed by atoms with Crippen molar-refractivity contribution in [2.75, 3.05) is 6.61 Å². The van der Waals surface area contributed by atoms with Crippen LogP contribution in [-0.2, 0) is 9.53 Å². The monoisotopic (exact) mass is 301 g/mol. The second-order valence-corrected chi connectivity index (χ2v) is 5.52. The van der Waals surface area contributed by atoms with E-state index < -0.39 is 0 Å². The van der Waals surface area contributed by atoms with Gasteiger partial charge in [0, 0.05) is 17.7 Å². The summed E-state index contributed by atoms with van der Waals surface area (Å²) in [4.78, 5) is 23.4. The molecule has 1 aromatic rings. The first-order valence-electron chi connectivity index (χ1n) is 7.95. The molecule has 0 unspecified atom stereocenters. The molecule has 0 spiro atoms. The highest BCUT2D eigenvalue weighted by molar-refractivity contribution is 5.94. The Kier molecular flexibility index (Phi) is 6.19. The molecule has 118 valence electrons. The van der Waals surface area contributed by atoms with Crippen molar-refractivity contribution in [3.05, 3.63) is 41.5 Å². The zero-order valence-electron chi connectivity index (χ0n) is 13.0. The number of carbonyl (C=O) groups excluding carboxylic acids is 2. The van der Waals surface area contributed by atoms with E-state index in [1.54, 1.807) is 25.1 Å². The van der Waals surface area contributed by atoms with E-state index >= 15 is 0 Å². The van der Waals surface area contributed by atoms with Gasteiger partial charge in [0.1, 0.15) is 0 Å². The minimum atomic E-state index is -0.360. The quantitative estimate of drug-likeness (QED) is 0.670. The van der Waals surface area contributed by atoms with Crippen LogP contribution in [0.25, 0.3) is 6.08 Å².